The van der Waals surface area contributed by atoms with E-state index in [2.05, 4.69) is 20.2 Å². The monoisotopic (exact) mass is 268 g/mol. The van der Waals surface area contributed by atoms with Crippen molar-refractivity contribution < 1.29 is 4.79 Å². The largest absolute Gasteiger partial charge is 0.357 e. The first-order valence-electron chi connectivity index (χ1n) is 6.75. The number of pyridine rings is 2. The minimum atomic E-state index is -0.172. The Labute approximate surface area is 117 Å². The lowest BCUT2D eigenvalue weighted by Crippen LogP contribution is -2.19. The molecule has 1 fully saturated rings. The predicted octanol–water partition coefficient (Wildman–Crippen LogP) is 2.33. The van der Waals surface area contributed by atoms with Gasteiger partial charge in [0.15, 0.2) is 0 Å². The average Bonchev–Trinajstić information content (AvgIpc) is 3.03. The van der Waals surface area contributed by atoms with Crippen molar-refractivity contribution in [3.05, 3.63) is 48.4 Å². The normalized spacial score (nSPS) is 14.3. The molecule has 0 bridgehead atoms. The van der Waals surface area contributed by atoms with Gasteiger partial charge in [-0.15, -0.1) is 0 Å². The molecule has 102 valence electrons. The minimum Gasteiger partial charge on any atom is -0.357 e. The molecule has 3 rings (SSSR count). The average molecular weight is 268 g/mol. The highest BCUT2D eigenvalue weighted by Gasteiger charge is 2.13. The molecule has 5 nitrogen and oxygen atoms in total. The molecule has 0 aromatic carbocycles. The number of nitrogens with zero attached hydrogens (tertiary/aromatic N) is 3. The smallest absolute Gasteiger partial charge is 0.257 e. The van der Waals surface area contributed by atoms with Gasteiger partial charge in [0, 0.05) is 25.5 Å². The third kappa shape index (κ3) is 2.77. The van der Waals surface area contributed by atoms with Gasteiger partial charge in [0.1, 0.15) is 5.82 Å². The van der Waals surface area contributed by atoms with Crippen molar-refractivity contribution in [1.29, 1.82) is 0 Å². The SMILES string of the molecule is O=C(Nc1ccc(N2CCCC2)nc1)c1cccnc1. The van der Waals surface area contributed by atoms with E-state index in [4.69, 9.17) is 0 Å². The fraction of sp³-hybridized carbons (Fsp3) is 0.267. The summed E-state index contributed by atoms with van der Waals surface area (Å²) in [6.45, 7) is 2.13. The maximum absolute atomic E-state index is 12.0. The van der Waals surface area contributed by atoms with E-state index >= 15 is 0 Å². The lowest BCUT2D eigenvalue weighted by Gasteiger charge is -2.16. The van der Waals surface area contributed by atoms with E-state index in [-0.39, 0.29) is 5.91 Å². The van der Waals surface area contributed by atoms with Gasteiger partial charge in [0.2, 0.25) is 0 Å². The van der Waals surface area contributed by atoms with Gasteiger partial charge in [-0.1, -0.05) is 0 Å². The Morgan fingerprint density at radius 3 is 2.65 bits per heavy atom. The van der Waals surface area contributed by atoms with Crippen LogP contribution >= 0.6 is 0 Å². The van der Waals surface area contributed by atoms with Crippen LogP contribution in [-0.2, 0) is 0 Å². The predicted molar refractivity (Wildman–Crippen MR) is 77.9 cm³/mol. The van der Waals surface area contributed by atoms with Crippen LogP contribution in [0.2, 0.25) is 0 Å². The number of rotatable bonds is 3. The highest BCUT2D eigenvalue weighted by atomic mass is 16.1. The van der Waals surface area contributed by atoms with Gasteiger partial charge in [0.25, 0.3) is 5.91 Å². The zero-order valence-corrected chi connectivity index (χ0v) is 11.1. The van der Waals surface area contributed by atoms with Gasteiger partial charge in [0.05, 0.1) is 17.4 Å². The summed E-state index contributed by atoms with van der Waals surface area (Å²) in [6.07, 6.45) is 7.33. The molecule has 0 aliphatic carbocycles. The summed E-state index contributed by atoms with van der Waals surface area (Å²) in [5.41, 5.74) is 1.23. The number of amides is 1. The zero-order chi connectivity index (χ0) is 13.8. The molecule has 1 aliphatic rings. The molecule has 0 atom stereocenters. The van der Waals surface area contributed by atoms with Crippen LogP contribution in [0.5, 0.6) is 0 Å². The quantitative estimate of drug-likeness (QED) is 0.928. The van der Waals surface area contributed by atoms with Crippen LogP contribution in [0.1, 0.15) is 23.2 Å². The van der Waals surface area contributed by atoms with Gasteiger partial charge >= 0.3 is 0 Å². The molecular formula is C15H16N4O. The molecule has 3 heterocycles. The van der Waals surface area contributed by atoms with Gasteiger partial charge in [-0.05, 0) is 37.1 Å². The number of nitrogens with one attached hydrogen (secondary N) is 1. The van der Waals surface area contributed by atoms with Gasteiger partial charge in [-0.25, -0.2) is 4.98 Å². The molecule has 2 aromatic heterocycles. The molecular weight excluding hydrogens is 252 g/mol. The maximum atomic E-state index is 12.0. The number of carbonyl (C=O) groups excluding carboxylic acids is 1. The summed E-state index contributed by atoms with van der Waals surface area (Å²) in [7, 11) is 0. The summed E-state index contributed by atoms with van der Waals surface area (Å²) in [6, 6.07) is 7.30. The van der Waals surface area contributed by atoms with Crippen LogP contribution in [0, 0.1) is 0 Å². The number of hydrogen-bond donors (Lipinski definition) is 1. The highest BCUT2D eigenvalue weighted by molar-refractivity contribution is 6.03. The van der Waals surface area contributed by atoms with Crippen LogP contribution in [-0.4, -0.2) is 29.0 Å². The fourth-order valence-electron chi connectivity index (χ4n) is 2.29. The van der Waals surface area contributed by atoms with Crippen molar-refractivity contribution in [2.45, 2.75) is 12.8 Å². The van der Waals surface area contributed by atoms with Crippen molar-refractivity contribution in [2.24, 2.45) is 0 Å². The third-order valence-corrected chi connectivity index (χ3v) is 3.36. The highest BCUT2D eigenvalue weighted by Crippen LogP contribution is 2.19. The van der Waals surface area contributed by atoms with E-state index in [1.807, 2.05) is 12.1 Å². The van der Waals surface area contributed by atoms with Crippen LogP contribution in [0.15, 0.2) is 42.9 Å². The summed E-state index contributed by atoms with van der Waals surface area (Å²) in [4.78, 5) is 22.6. The molecule has 1 amide bonds. The Morgan fingerprint density at radius 2 is 2.00 bits per heavy atom. The number of hydrogen-bond acceptors (Lipinski definition) is 4. The second kappa shape index (κ2) is 5.69. The van der Waals surface area contributed by atoms with E-state index in [9.17, 15) is 4.79 Å². The standard InChI is InChI=1S/C15H16N4O/c20-15(12-4-3-7-16-10-12)18-13-5-6-14(17-11-13)19-8-1-2-9-19/h3-7,10-11H,1-2,8-9H2,(H,18,20). The van der Waals surface area contributed by atoms with E-state index < -0.39 is 0 Å². The Balaban J connectivity index is 1.67. The molecule has 0 unspecified atom stereocenters. The van der Waals surface area contributed by atoms with E-state index in [0.29, 0.717) is 11.3 Å². The molecule has 1 saturated heterocycles. The van der Waals surface area contributed by atoms with Crippen molar-refractivity contribution in [3.63, 3.8) is 0 Å². The van der Waals surface area contributed by atoms with E-state index in [1.54, 1.807) is 30.7 Å². The molecule has 2 aromatic rings. The topological polar surface area (TPSA) is 58.1 Å². The lowest BCUT2D eigenvalue weighted by molar-refractivity contribution is 0.102. The first-order valence-corrected chi connectivity index (χ1v) is 6.75. The Hall–Kier alpha value is -2.43. The number of carbonyl (C=O) groups is 1. The van der Waals surface area contributed by atoms with E-state index in [0.717, 1.165) is 18.9 Å². The lowest BCUT2D eigenvalue weighted by atomic mass is 10.2. The first-order chi connectivity index (χ1) is 9.83. The molecule has 20 heavy (non-hydrogen) atoms. The first kappa shape index (κ1) is 12.6. The van der Waals surface area contributed by atoms with Crippen LogP contribution in [0.25, 0.3) is 0 Å². The summed E-state index contributed by atoms with van der Waals surface area (Å²) < 4.78 is 0. The third-order valence-electron chi connectivity index (χ3n) is 3.36. The maximum Gasteiger partial charge on any atom is 0.257 e. The zero-order valence-electron chi connectivity index (χ0n) is 11.1. The van der Waals surface area contributed by atoms with Crippen LogP contribution in [0.3, 0.4) is 0 Å². The van der Waals surface area contributed by atoms with Crippen molar-refractivity contribution in [3.8, 4) is 0 Å². The summed E-state index contributed by atoms with van der Waals surface area (Å²) in [5, 5.41) is 2.82. The van der Waals surface area contributed by atoms with Gasteiger partial charge in [-0.3, -0.25) is 9.78 Å². The molecule has 0 radical (unpaired) electrons. The Bertz CT molecular complexity index is 577. The van der Waals surface area contributed by atoms with Crippen molar-refractivity contribution in [1.82, 2.24) is 9.97 Å². The van der Waals surface area contributed by atoms with Gasteiger partial charge in [-0.2, -0.15) is 0 Å². The second-order valence-corrected chi connectivity index (χ2v) is 4.80. The number of aromatic nitrogens is 2. The Morgan fingerprint density at radius 1 is 1.15 bits per heavy atom. The Kier molecular flexibility index (Phi) is 3.58. The minimum absolute atomic E-state index is 0.172. The van der Waals surface area contributed by atoms with Crippen LogP contribution in [0.4, 0.5) is 11.5 Å². The molecule has 1 N–H and O–H groups in total. The van der Waals surface area contributed by atoms with Crippen molar-refractivity contribution >= 4 is 17.4 Å². The van der Waals surface area contributed by atoms with E-state index in [1.165, 1.54) is 12.8 Å². The summed E-state index contributed by atoms with van der Waals surface area (Å²) in [5.74, 6) is 0.802. The molecule has 5 heteroatoms. The van der Waals surface area contributed by atoms with Crippen molar-refractivity contribution in [2.75, 3.05) is 23.3 Å². The summed E-state index contributed by atoms with van der Waals surface area (Å²) >= 11 is 0. The molecule has 1 aliphatic heterocycles. The number of anilines is 2. The van der Waals surface area contributed by atoms with Crippen LogP contribution < -0.4 is 10.2 Å². The fourth-order valence-corrected chi connectivity index (χ4v) is 2.29. The molecule has 0 saturated carbocycles. The second-order valence-electron chi connectivity index (χ2n) is 4.80. The molecule has 0 spiro atoms. The van der Waals surface area contributed by atoms with Gasteiger partial charge < -0.3 is 10.2 Å².